The monoisotopic (exact) mass is 314 g/mol. The molecule has 0 spiro atoms. The molecule has 23 heavy (non-hydrogen) atoms. The van der Waals surface area contributed by atoms with E-state index >= 15 is 0 Å². The number of carbonyl (C=O) groups excluding carboxylic acids is 1. The first kappa shape index (κ1) is 15.3. The highest BCUT2D eigenvalue weighted by Crippen LogP contribution is 2.33. The molecule has 6 nitrogen and oxygen atoms in total. The maximum Gasteiger partial charge on any atom is 0.326 e. The summed E-state index contributed by atoms with van der Waals surface area (Å²) >= 11 is 0. The molecule has 1 saturated carbocycles. The molecule has 2 N–H and O–H groups in total. The lowest BCUT2D eigenvalue weighted by atomic mass is 10.1. The van der Waals surface area contributed by atoms with E-state index < -0.39 is 17.9 Å². The summed E-state index contributed by atoms with van der Waals surface area (Å²) in [4.78, 5) is 28.0. The van der Waals surface area contributed by atoms with Crippen molar-refractivity contribution < 1.29 is 19.1 Å². The number of aryl methyl sites for hydroxylation is 1. The Bertz CT molecular complexity index is 720. The Kier molecular flexibility index (Phi) is 4.14. The van der Waals surface area contributed by atoms with Gasteiger partial charge in [0.15, 0.2) is 5.76 Å². The summed E-state index contributed by atoms with van der Waals surface area (Å²) < 4.78 is 5.28. The number of hydrogen-bond acceptors (Lipinski definition) is 4. The van der Waals surface area contributed by atoms with Crippen molar-refractivity contribution in [1.29, 1.82) is 0 Å². The molecule has 1 unspecified atom stereocenters. The van der Waals surface area contributed by atoms with Crippen molar-refractivity contribution in [2.75, 3.05) is 0 Å². The van der Waals surface area contributed by atoms with Gasteiger partial charge in [-0.25, -0.2) is 9.78 Å². The lowest BCUT2D eigenvalue weighted by Crippen LogP contribution is -2.41. The van der Waals surface area contributed by atoms with E-state index in [4.69, 9.17) is 4.42 Å². The highest BCUT2D eigenvalue weighted by Gasteiger charge is 2.30. The second-order valence-corrected chi connectivity index (χ2v) is 5.85. The lowest BCUT2D eigenvalue weighted by Gasteiger charge is -2.15. The number of pyridine rings is 1. The molecule has 3 rings (SSSR count). The van der Waals surface area contributed by atoms with Crippen LogP contribution in [0.3, 0.4) is 0 Å². The number of nitrogens with zero attached hydrogens (tertiary/aromatic N) is 1. The largest absolute Gasteiger partial charge is 0.480 e. The van der Waals surface area contributed by atoms with Crippen molar-refractivity contribution in [3.8, 4) is 11.5 Å². The third kappa shape index (κ3) is 3.59. The van der Waals surface area contributed by atoms with Crippen LogP contribution in [0.2, 0.25) is 0 Å². The second-order valence-electron chi connectivity index (χ2n) is 5.85. The van der Waals surface area contributed by atoms with Gasteiger partial charge in [-0.15, -0.1) is 0 Å². The standard InChI is InChI=1S/C17H18N2O4/c1-10-12(6-7-13(18-10)15-3-2-8-23-15)16(20)19-14(17(21)22)9-11-4-5-11/h2-3,6-8,11,14H,4-5,9H2,1H3,(H,19,20)(H,21,22). The van der Waals surface area contributed by atoms with Crippen molar-refractivity contribution in [3.63, 3.8) is 0 Å². The molecule has 0 bridgehead atoms. The number of hydrogen-bond donors (Lipinski definition) is 2. The van der Waals surface area contributed by atoms with Gasteiger partial charge < -0.3 is 14.8 Å². The van der Waals surface area contributed by atoms with Gasteiger partial charge in [0.1, 0.15) is 11.7 Å². The van der Waals surface area contributed by atoms with Gasteiger partial charge in [0.05, 0.1) is 17.5 Å². The van der Waals surface area contributed by atoms with Crippen LogP contribution in [0.4, 0.5) is 0 Å². The summed E-state index contributed by atoms with van der Waals surface area (Å²) in [6, 6.07) is 6.04. The van der Waals surface area contributed by atoms with E-state index in [9.17, 15) is 14.7 Å². The van der Waals surface area contributed by atoms with Crippen LogP contribution in [0.1, 0.15) is 35.3 Å². The fourth-order valence-electron chi connectivity index (χ4n) is 2.51. The topological polar surface area (TPSA) is 92.4 Å². The molecule has 1 aliphatic rings. The van der Waals surface area contributed by atoms with Crippen molar-refractivity contribution in [2.45, 2.75) is 32.2 Å². The minimum atomic E-state index is -0.997. The first-order valence-electron chi connectivity index (χ1n) is 7.60. The van der Waals surface area contributed by atoms with Crippen LogP contribution in [0.15, 0.2) is 34.9 Å². The Morgan fingerprint density at radius 1 is 1.39 bits per heavy atom. The van der Waals surface area contributed by atoms with E-state index in [1.165, 1.54) is 0 Å². The third-order valence-corrected chi connectivity index (χ3v) is 3.97. The average Bonchev–Trinajstić information content (AvgIpc) is 3.16. The zero-order valence-corrected chi connectivity index (χ0v) is 12.8. The quantitative estimate of drug-likeness (QED) is 0.855. The summed E-state index contributed by atoms with van der Waals surface area (Å²) in [7, 11) is 0. The predicted molar refractivity (Wildman–Crippen MR) is 82.9 cm³/mol. The SMILES string of the molecule is Cc1nc(-c2ccco2)ccc1C(=O)NC(CC1CC1)C(=O)O. The molecular weight excluding hydrogens is 296 g/mol. The van der Waals surface area contributed by atoms with Crippen LogP contribution >= 0.6 is 0 Å². The molecular formula is C17H18N2O4. The summed E-state index contributed by atoms with van der Waals surface area (Å²) in [5.41, 5.74) is 1.55. The molecule has 0 aliphatic heterocycles. The number of amides is 1. The highest BCUT2D eigenvalue weighted by atomic mass is 16.4. The summed E-state index contributed by atoms with van der Waals surface area (Å²) in [6.45, 7) is 1.72. The number of carboxylic acid groups (broad SMARTS) is 1. The van der Waals surface area contributed by atoms with Gasteiger partial charge in [0.2, 0.25) is 0 Å². The number of carboxylic acids is 1. The summed E-state index contributed by atoms with van der Waals surface area (Å²) in [6.07, 6.45) is 4.12. The molecule has 1 amide bonds. The van der Waals surface area contributed by atoms with E-state index in [1.807, 2.05) is 0 Å². The number of carbonyl (C=O) groups is 2. The normalized spacial score (nSPS) is 15.2. The predicted octanol–water partition coefficient (Wildman–Crippen LogP) is 2.63. The van der Waals surface area contributed by atoms with Gasteiger partial charge in [-0.05, 0) is 43.5 Å². The smallest absolute Gasteiger partial charge is 0.326 e. The minimum Gasteiger partial charge on any atom is -0.480 e. The maximum atomic E-state index is 12.3. The number of aromatic nitrogens is 1. The highest BCUT2D eigenvalue weighted by molar-refractivity contribution is 5.97. The Morgan fingerprint density at radius 2 is 2.17 bits per heavy atom. The van der Waals surface area contributed by atoms with Crippen LogP contribution in [-0.4, -0.2) is 28.0 Å². The Balaban J connectivity index is 1.74. The molecule has 2 aromatic heterocycles. The Morgan fingerprint density at radius 3 is 2.74 bits per heavy atom. The number of furan rings is 1. The van der Waals surface area contributed by atoms with Crippen LogP contribution in [0.25, 0.3) is 11.5 Å². The van der Waals surface area contributed by atoms with Crippen LogP contribution < -0.4 is 5.32 Å². The summed E-state index contributed by atoms with van der Waals surface area (Å²) in [5, 5.41) is 11.8. The van der Waals surface area contributed by atoms with Gasteiger partial charge in [-0.3, -0.25) is 4.79 Å². The maximum absolute atomic E-state index is 12.3. The zero-order chi connectivity index (χ0) is 16.4. The number of rotatable bonds is 6. The van der Waals surface area contributed by atoms with Crippen molar-refractivity contribution in [2.24, 2.45) is 5.92 Å². The number of aliphatic carboxylic acids is 1. The molecule has 6 heteroatoms. The second kappa shape index (κ2) is 6.24. The van der Waals surface area contributed by atoms with Gasteiger partial charge in [-0.2, -0.15) is 0 Å². The van der Waals surface area contributed by atoms with Gasteiger partial charge >= 0.3 is 5.97 Å². The van der Waals surface area contributed by atoms with E-state index in [-0.39, 0.29) is 0 Å². The first-order chi connectivity index (χ1) is 11.0. The lowest BCUT2D eigenvalue weighted by molar-refractivity contribution is -0.139. The molecule has 0 saturated heterocycles. The fourth-order valence-corrected chi connectivity index (χ4v) is 2.51. The van der Waals surface area contributed by atoms with Gasteiger partial charge in [0, 0.05) is 0 Å². The zero-order valence-electron chi connectivity index (χ0n) is 12.8. The fraction of sp³-hybridized carbons (Fsp3) is 0.353. The molecule has 0 aromatic carbocycles. The van der Waals surface area contributed by atoms with E-state index in [2.05, 4.69) is 10.3 Å². The molecule has 2 aromatic rings. The van der Waals surface area contributed by atoms with Gasteiger partial charge in [0.25, 0.3) is 5.91 Å². The van der Waals surface area contributed by atoms with E-state index in [0.29, 0.717) is 35.1 Å². The molecule has 1 fully saturated rings. The van der Waals surface area contributed by atoms with Gasteiger partial charge in [-0.1, -0.05) is 12.8 Å². The Hall–Kier alpha value is -2.63. The van der Waals surface area contributed by atoms with Crippen molar-refractivity contribution in [1.82, 2.24) is 10.3 Å². The van der Waals surface area contributed by atoms with E-state index in [0.717, 1.165) is 12.8 Å². The molecule has 1 aliphatic carbocycles. The Labute approximate surface area is 133 Å². The molecule has 2 heterocycles. The summed E-state index contributed by atoms with van der Waals surface area (Å²) in [5.74, 6) is -0.369. The van der Waals surface area contributed by atoms with Crippen molar-refractivity contribution >= 4 is 11.9 Å². The minimum absolute atomic E-state index is 0.377. The van der Waals surface area contributed by atoms with Crippen LogP contribution in [0, 0.1) is 12.8 Å². The molecule has 120 valence electrons. The average molecular weight is 314 g/mol. The van der Waals surface area contributed by atoms with Crippen LogP contribution in [-0.2, 0) is 4.79 Å². The van der Waals surface area contributed by atoms with E-state index in [1.54, 1.807) is 37.5 Å². The molecule has 0 radical (unpaired) electrons. The first-order valence-corrected chi connectivity index (χ1v) is 7.60. The number of nitrogens with one attached hydrogen (secondary N) is 1. The van der Waals surface area contributed by atoms with Crippen molar-refractivity contribution in [3.05, 3.63) is 41.8 Å². The third-order valence-electron chi connectivity index (χ3n) is 3.97. The molecule has 1 atom stereocenters. The van der Waals surface area contributed by atoms with Crippen LogP contribution in [0.5, 0.6) is 0 Å².